The second-order valence-corrected chi connectivity index (χ2v) is 5.13. The van der Waals surface area contributed by atoms with Gasteiger partial charge in [0.05, 0.1) is 5.69 Å². The number of nitrogens with zero attached hydrogens (tertiary/aromatic N) is 1. The molecule has 112 valence electrons. The predicted molar refractivity (Wildman–Crippen MR) is 82.4 cm³/mol. The van der Waals surface area contributed by atoms with Gasteiger partial charge in [-0.25, -0.2) is 4.39 Å². The summed E-state index contributed by atoms with van der Waals surface area (Å²) in [7, 11) is 0. The van der Waals surface area contributed by atoms with Crippen LogP contribution in [-0.2, 0) is 4.79 Å². The summed E-state index contributed by atoms with van der Waals surface area (Å²) >= 11 is 0. The Morgan fingerprint density at radius 1 is 1.09 bits per heavy atom. The Morgan fingerprint density at radius 3 is 2.45 bits per heavy atom. The zero-order valence-corrected chi connectivity index (χ0v) is 11.9. The van der Waals surface area contributed by atoms with E-state index in [-0.39, 0.29) is 17.5 Å². The number of para-hydroxylation sites is 1. The van der Waals surface area contributed by atoms with Gasteiger partial charge < -0.3 is 10.2 Å². The number of anilines is 2. The molecule has 2 amide bonds. The number of hydrogen-bond donors (Lipinski definition) is 1. The largest absolute Gasteiger partial charge is 0.319 e. The lowest BCUT2D eigenvalue weighted by molar-refractivity contribution is -0.117. The summed E-state index contributed by atoms with van der Waals surface area (Å²) in [4.78, 5) is 25.5. The van der Waals surface area contributed by atoms with Gasteiger partial charge in [0.25, 0.3) is 5.91 Å². The van der Waals surface area contributed by atoms with Gasteiger partial charge in [0.15, 0.2) is 0 Å². The first-order chi connectivity index (χ1) is 10.6. The van der Waals surface area contributed by atoms with E-state index < -0.39 is 5.82 Å². The predicted octanol–water partition coefficient (Wildman–Crippen LogP) is 3.20. The van der Waals surface area contributed by atoms with Crippen LogP contribution in [0.3, 0.4) is 0 Å². The lowest BCUT2D eigenvalue weighted by Crippen LogP contribution is -2.23. The summed E-state index contributed by atoms with van der Waals surface area (Å²) in [5.41, 5.74) is 1.34. The van der Waals surface area contributed by atoms with Crippen LogP contribution in [-0.4, -0.2) is 18.4 Å². The lowest BCUT2D eigenvalue weighted by Gasteiger charge is -2.15. The van der Waals surface area contributed by atoms with Crippen molar-refractivity contribution in [1.29, 1.82) is 0 Å². The number of rotatable bonds is 3. The van der Waals surface area contributed by atoms with Crippen molar-refractivity contribution in [3.63, 3.8) is 0 Å². The minimum absolute atomic E-state index is 0.101. The van der Waals surface area contributed by atoms with Crippen LogP contribution in [0.25, 0.3) is 0 Å². The minimum Gasteiger partial charge on any atom is -0.319 e. The lowest BCUT2D eigenvalue weighted by atomic mass is 10.1. The molecule has 2 aromatic rings. The zero-order valence-electron chi connectivity index (χ0n) is 11.9. The third-order valence-electron chi connectivity index (χ3n) is 3.64. The van der Waals surface area contributed by atoms with E-state index in [1.807, 2.05) is 0 Å². The Kier molecular flexibility index (Phi) is 3.87. The number of halogens is 1. The molecule has 0 saturated carbocycles. The van der Waals surface area contributed by atoms with E-state index >= 15 is 0 Å². The molecule has 1 aliphatic heterocycles. The van der Waals surface area contributed by atoms with Gasteiger partial charge >= 0.3 is 0 Å². The number of nitrogens with one attached hydrogen (secondary N) is 1. The van der Waals surface area contributed by atoms with Gasteiger partial charge in [0.2, 0.25) is 5.91 Å². The van der Waals surface area contributed by atoms with Gasteiger partial charge in [0, 0.05) is 24.2 Å². The highest BCUT2D eigenvalue weighted by molar-refractivity contribution is 6.05. The molecular formula is C17H15FN2O2. The van der Waals surface area contributed by atoms with Crippen molar-refractivity contribution in [2.75, 3.05) is 16.8 Å². The molecule has 5 heteroatoms. The second kappa shape index (κ2) is 5.97. The number of carbonyl (C=O) groups excluding carboxylic acids is 2. The van der Waals surface area contributed by atoms with E-state index in [2.05, 4.69) is 5.32 Å². The van der Waals surface area contributed by atoms with Crippen molar-refractivity contribution in [2.24, 2.45) is 0 Å². The second-order valence-electron chi connectivity index (χ2n) is 5.13. The van der Waals surface area contributed by atoms with E-state index in [0.717, 1.165) is 12.1 Å². The van der Waals surface area contributed by atoms with Crippen LogP contribution in [0.4, 0.5) is 15.8 Å². The molecule has 3 rings (SSSR count). The third-order valence-corrected chi connectivity index (χ3v) is 3.64. The standard InChI is InChI=1S/C17H15FN2O2/c18-14-4-1-2-5-15(14)19-17(22)12-7-9-13(10-8-12)20-11-3-6-16(20)21/h1-2,4-5,7-10H,3,6,11H2,(H,19,22). The molecule has 1 N–H and O–H groups in total. The molecule has 0 bridgehead atoms. The van der Waals surface area contributed by atoms with Gasteiger partial charge in [0.1, 0.15) is 5.82 Å². The summed E-state index contributed by atoms with van der Waals surface area (Å²) < 4.78 is 13.5. The molecule has 0 radical (unpaired) electrons. The summed E-state index contributed by atoms with van der Waals surface area (Å²) in [5, 5.41) is 2.53. The van der Waals surface area contributed by atoms with Crippen molar-refractivity contribution in [2.45, 2.75) is 12.8 Å². The first-order valence-corrected chi connectivity index (χ1v) is 7.11. The molecular weight excluding hydrogens is 283 g/mol. The van der Waals surface area contributed by atoms with Crippen LogP contribution in [0.2, 0.25) is 0 Å². The number of benzene rings is 2. The SMILES string of the molecule is O=C(Nc1ccccc1F)c1ccc(N2CCCC2=O)cc1. The van der Waals surface area contributed by atoms with Gasteiger partial charge in [-0.15, -0.1) is 0 Å². The maximum atomic E-state index is 13.5. The molecule has 1 heterocycles. The van der Waals surface area contributed by atoms with Gasteiger partial charge in [-0.3, -0.25) is 9.59 Å². The normalized spacial score (nSPS) is 14.2. The highest BCUT2D eigenvalue weighted by Crippen LogP contribution is 2.22. The van der Waals surface area contributed by atoms with Crippen molar-refractivity contribution in [3.05, 3.63) is 59.9 Å². The van der Waals surface area contributed by atoms with E-state index in [4.69, 9.17) is 0 Å². The Balaban J connectivity index is 1.74. The summed E-state index contributed by atoms with van der Waals surface area (Å²) in [5.74, 6) is -0.761. The fourth-order valence-electron chi connectivity index (χ4n) is 2.47. The van der Waals surface area contributed by atoms with Crippen LogP contribution < -0.4 is 10.2 Å². The van der Waals surface area contributed by atoms with Crippen LogP contribution in [0, 0.1) is 5.82 Å². The fourth-order valence-corrected chi connectivity index (χ4v) is 2.47. The van der Waals surface area contributed by atoms with Crippen molar-refractivity contribution >= 4 is 23.2 Å². The van der Waals surface area contributed by atoms with E-state index in [9.17, 15) is 14.0 Å². The molecule has 0 aromatic heterocycles. The molecule has 4 nitrogen and oxygen atoms in total. The minimum atomic E-state index is -0.477. The molecule has 0 unspecified atom stereocenters. The number of carbonyl (C=O) groups is 2. The molecule has 1 saturated heterocycles. The smallest absolute Gasteiger partial charge is 0.255 e. The average Bonchev–Trinajstić information content (AvgIpc) is 2.96. The Labute approximate surface area is 127 Å². The number of hydrogen-bond acceptors (Lipinski definition) is 2. The van der Waals surface area contributed by atoms with E-state index in [1.165, 1.54) is 12.1 Å². The summed E-state index contributed by atoms with van der Waals surface area (Å²) in [6.07, 6.45) is 1.42. The van der Waals surface area contributed by atoms with Crippen molar-refractivity contribution in [1.82, 2.24) is 0 Å². The number of amides is 2. The first kappa shape index (κ1) is 14.3. The van der Waals surface area contributed by atoms with Crippen LogP contribution in [0.1, 0.15) is 23.2 Å². The Bertz CT molecular complexity index is 713. The summed E-state index contributed by atoms with van der Waals surface area (Å²) in [6, 6.07) is 12.8. The average molecular weight is 298 g/mol. The van der Waals surface area contributed by atoms with Crippen LogP contribution in [0.15, 0.2) is 48.5 Å². The molecule has 0 aliphatic carbocycles. The molecule has 0 atom stereocenters. The van der Waals surface area contributed by atoms with Gasteiger partial charge in [-0.2, -0.15) is 0 Å². The van der Waals surface area contributed by atoms with Crippen molar-refractivity contribution in [3.8, 4) is 0 Å². The zero-order chi connectivity index (χ0) is 15.5. The topological polar surface area (TPSA) is 49.4 Å². The molecule has 2 aromatic carbocycles. The van der Waals surface area contributed by atoms with Crippen LogP contribution >= 0.6 is 0 Å². The van der Waals surface area contributed by atoms with E-state index in [0.29, 0.717) is 18.5 Å². The maximum absolute atomic E-state index is 13.5. The Hall–Kier alpha value is -2.69. The van der Waals surface area contributed by atoms with Crippen LogP contribution in [0.5, 0.6) is 0 Å². The molecule has 1 aliphatic rings. The highest BCUT2D eigenvalue weighted by Gasteiger charge is 2.21. The quantitative estimate of drug-likeness (QED) is 0.946. The summed E-state index contributed by atoms with van der Waals surface area (Å²) in [6.45, 7) is 0.708. The molecule has 1 fully saturated rings. The molecule has 0 spiro atoms. The monoisotopic (exact) mass is 298 g/mol. The van der Waals surface area contributed by atoms with Gasteiger partial charge in [-0.1, -0.05) is 12.1 Å². The maximum Gasteiger partial charge on any atom is 0.255 e. The van der Waals surface area contributed by atoms with Crippen molar-refractivity contribution < 1.29 is 14.0 Å². The fraction of sp³-hybridized carbons (Fsp3) is 0.176. The first-order valence-electron chi connectivity index (χ1n) is 7.11. The highest BCUT2D eigenvalue weighted by atomic mass is 19.1. The van der Waals surface area contributed by atoms with E-state index in [1.54, 1.807) is 41.3 Å². The Morgan fingerprint density at radius 2 is 1.82 bits per heavy atom. The van der Waals surface area contributed by atoms with Gasteiger partial charge in [-0.05, 0) is 42.8 Å². The third kappa shape index (κ3) is 2.83. The molecule has 22 heavy (non-hydrogen) atoms.